The van der Waals surface area contributed by atoms with Gasteiger partial charge in [-0.3, -0.25) is 10.1 Å². The lowest BCUT2D eigenvalue weighted by molar-refractivity contribution is -0.386. The second-order valence-electron chi connectivity index (χ2n) is 5.12. The summed E-state index contributed by atoms with van der Waals surface area (Å²) in [6.07, 6.45) is 6.75. The topological polar surface area (TPSA) is 46.4 Å². The average Bonchev–Trinajstić information content (AvgIpc) is 2.66. The first-order chi connectivity index (χ1) is 9.11. The first-order valence-electron chi connectivity index (χ1n) is 6.77. The van der Waals surface area contributed by atoms with E-state index in [0.717, 1.165) is 31.7 Å². The zero-order valence-corrected chi connectivity index (χ0v) is 11.1. The molecule has 0 aromatic heterocycles. The van der Waals surface area contributed by atoms with Crippen molar-refractivity contribution < 1.29 is 9.31 Å². The van der Waals surface area contributed by atoms with E-state index in [4.69, 9.17) is 0 Å². The van der Waals surface area contributed by atoms with Crippen molar-refractivity contribution in [3.8, 4) is 0 Å². The van der Waals surface area contributed by atoms with Gasteiger partial charge in [-0.05, 0) is 25.0 Å². The first kappa shape index (κ1) is 13.8. The molecule has 0 amide bonds. The summed E-state index contributed by atoms with van der Waals surface area (Å²) in [4.78, 5) is 12.3. The Kier molecular flexibility index (Phi) is 4.35. The number of halogens is 1. The Morgan fingerprint density at radius 2 is 1.89 bits per heavy atom. The molecule has 5 heteroatoms. The van der Waals surface area contributed by atoms with E-state index in [1.807, 2.05) is 11.9 Å². The fraction of sp³-hybridized carbons (Fsp3) is 0.571. The van der Waals surface area contributed by atoms with Crippen LogP contribution in [0, 0.1) is 15.9 Å². The minimum absolute atomic E-state index is 0.267. The molecule has 1 saturated carbocycles. The van der Waals surface area contributed by atoms with Crippen molar-refractivity contribution in [1.82, 2.24) is 0 Å². The van der Waals surface area contributed by atoms with Gasteiger partial charge in [0, 0.05) is 13.1 Å². The number of benzene rings is 1. The van der Waals surface area contributed by atoms with Gasteiger partial charge >= 0.3 is 5.69 Å². The highest BCUT2D eigenvalue weighted by molar-refractivity contribution is 5.63. The van der Waals surface area contributed by atoms with Crippen molar-refractivity contribution in [2.45, 2.75) is 44.6 Å². The Morgan fingerprint density at radius 1 is 1.26 bits per heavy atom. The first-order valence-corrected chi connectivity index (χ1v) is 6.77. The van der Waals surface area contributed by atoms with Gasteiger partial charge in [0.1, 0.15) is 5.69 Å². The molecule has 0 radical (unpaired) electrons. The van der Waals surface area contributed by atoms with Crippen molar-refractivity contribution in [3.63, 3.8) is 0 Å². The third kappa shape index (κ3) is 3.03. The number of nitrogens with zero attached hydrogens (tertiary/aromatic N) is 2. The van der Waals surface area contributed by atoms with Crippen LogP contribution in [0.5, 0.6) is 0 Å². The van der Waals surface area contributed by atoms with E-state index in [-0.39, 0.29) is 6.04 Å². The maximum atomic E-state index is 13.6. The lowest BCUT2D eigenvalue weighted by Gasteiger charge is -2.28. The monoisotopic (exact) mass is 266 g/mol. The van der Waals surface area contributed by atoms with Gasteiger partial charge in [-0.25, -0.2) is 0 Å². The summed E-state index contributed by atoms with van der Waals surface area (Å²) in [5.41, 5.74) is -0.0221. The van der Waals surface area contributed by atoms with Crippen LogP contribution in [0.2, 0.25) is 0 Å². The van der Waals surface area contributed by atoms with Crippen LogP contribution >= 0.6 is 0 Å². The standard InChI is InChI=1S/C14H19FN2O2/c1-16(11-7-4-2-3-5-8-11)13-10-6-9-12(15)14(13)17(18)19/h6,9-11H,2-5,7-8H2,1H3. The Morgan fingerprint density at radius 3 is 2.47 bits per heavy atom. The molecule has 1 aliphatic rings. The van der Waals surface area contributed by atoms with Crippen molar-refractivity contribution in [3.05, 3.63) is 34.1 Å². The molecule has 2 rings (SSSR count). The zero-order valence-electron chi connectivity index (χ0n) is 11.1. The van der Waals surface area contributed by atoms with Gasteiger partial charge < -0.3 is 4.90 Å². The van der Waals surface area contributed by atoms with Gasteiger partial charge in [-0.15, -0.1) is 0 Å². The van der Waals surface area contributed by atoms with Crippen LogP contribution in [0.25, 0.3) is 0 Å². The van der Waals surface area contributed by atoms with Gasteiger partial charge in [0.2, 0.25) is 5.82 Å². The molecule has 0 unspecified atom stereocenters. The van der Waals surface area contributed by atoms with E-state index in [1.54, 1.807) is 6.07 Å². The highest BCUT2D eigenvalue weighted by atomic mass is 19.1. The SMILES string of the molecule is CN(c1cccc(F)c1[N+](=O)[O-])C1CCCCCC1. The van der Waals surface area contributed by atoms with Crippen molar-refractivity contribution in [2.24, 2.45) is 0 Å². The van der Waals surface area contributed by atoms with Gasteiger partial charge in [0.05, 0.1) is 4.92 Å². The molecule has 104 valence electrons. The number of rotatable bonds is 3. The summed E-state index contributed by atoms with van der Waals surface area (Å²) in [7, 11) is 1.83. The summed E-state index contributed by atoms with van der Waals surface area (Å²) in [6, 6.07) is 4.57. The summed E-state index contributed by atoms with van der Waals surface area (Å²) in [5, 5.41) is 11.0. The second-order valence-corrected chi connectivity index (χ2v) is 5.12. The van der Waals surface area contributed by atoms with Crippen LogP contribution in [0.4, 0.5) is 15.8 Å². The molecule has 0 atom stereocenters. The van der Waals surface area contributed by atoms with Gasteiger partial charge in [0.25, 0.3) is 0 Å². The van der Waals surface area contributed by atoms with Gasteiger partial charge in [-0.2, -0.15) is 4.39 Å². The van der Waals surface area contributed by atoms with E-state index in [0.29, 0.717) is 5.69 Å². The van der Waals surface area contributed by atoms with Crippen LogP contribution in [-0.2, 0) is 0 Å². The van der Waals surface area contributed by atoms with E-state index in [9.17, 15) is 14.5 Å². The number of nitro groups is 1. The maximum Gasteiger partial charge on any atom is 0.327 e. The van der Waals surface area contributed by atoms with Crippen molar-refractivity contribution in [2.75, 3.05) is 11.9 Å². The molecule has 1 aromatic carbocycles. The maximum absolute atomic E-state index is 13.6. The molecule has 0 saturated heterocycles. The van der Waals surface area contributed by atoms with Gasteiger partial charge in [0.15, 0.2) is 0 Å². The molecular weight excluding hydrogens is 247 g/mol. The molecule has 19 heavy (non-hydrogen) atoms. The van der Waals surface area contributed by atoms with Crippen LogP contribution in [0.15, 0.2) is 18.2 Å². The smallest absolute Gasteiger partial charge is 0.327 e. The van der Waals surface area contributed by atoms with Crippen LogP contribution in [-0.4, -0.2) is 18.0 Å². The Hall–Kier alpha value is -1.65. The highest BCUT2D eigenvalue weighted by Gasteiger charge is 2.26. The average molecular weight is 266 g/mol. The minimum atomic E-state index is -0.761. The zero-order chi connectivity index (χ0) is 13.8. The van der Waals surface area contributed by atoms with E-state index in [2.05, 4.69) is 0 Å². The Balaban J connectivity index is 2.29. The number of anilines is 1. The van der Waals surface area contributed by atoms with Crippen molar-refractivity contribution >= 4 is 11.4 Å². The number of para-hydroxylation sites is 1. The Labute approximate surface area is 112 Å². The summed E-state index contributed by atoms with van der Waals surface area (Å²) >= 11 is 0. The molecule has 0 N–H and O–H groups in total. The molecular formula is C14H19FN2O2. The van der Waals surface area contributed by atoms with Crippen molar-refractivity contribution in [1.29, 1.82) is 0 Å². The molecule has 0 heterocycles. The van der Waals surface area contributed by atoms with Gasteiger partial charge in [-0.1, -0.05) is 31.7 Å². The third-order valence-electron chi connectivity index (χ3n) is 3.90. The van der Waals surface area contributed by atoms with Crippen LogP contribution in [0.3, 0.4) is 0 Å². The fourth-order valence-electron chi connectivity index (χ4n) is 2.81. The number of nitro benzene ring substituents is 1. The molecule has 0 spiro atoms. The van der Waals surface area contributed by atoms with E-state index in [1.165, 1.54) is 18.9 Å². The number of hydrogen-bond donors (Lipinski definition) is 0. The number of hydrogen-bond acceptors (Lipinski definition) is 3. The molecule has 1 aromatic rings. The van der Waals surface area contributed by atoms with Crippen LogP contribution in [0.1, 0.15) is 38.5 Å². The largest absolute Gasteiger partial charge is 0.366 e. The molecule has 0 bridgehead atoms. The predicted octanol–water partition coefficient (Wildman–Crippen LogP) is 3.89. The predicted molar refractivity (Wildman–Crippen MR) is 72.9 cm³/mol. The minimum Gasteiger partial charge on any atom is -0.366 e. The van der Waals surface area contributed by atoms with E-state index >= 15 is 0 Å². The summed E-state index contributed by atoms with van der Waals surface area (Å²) < 4.78 is 13.6. The van der Waals surface area contributed by atoms with Crippen LogP contribution < -0.4 is 4.90 Å². The second kappa shape index (κ2) is 5.99. The lowest BCUT2D eigenvalue weighted by atomic mass is 10.1. The third-order valence-corrected chi connectivity index (χ3v) is 3.90. The normalized spacial score (nSPS) is 16.9. The van der Waals surface area contributed by atoms with E-state index < -0.39 is 16.4 Å². The molecule has 1 fully saturated rings. The summed E-state index contributed by atoms with van der Waals surface area (Å²) in [5.74, 6) is -0.761. The fourth-order valence-corrected chi connectivity index (χ4v) is 2.81. The Bertz CT molecular complexity index is 457. The quantitative estimate of drug-likeness (QED) is 0.473. The summed E-state index contributed by atoms with van der Waals surface area (Å²) in [6.45, 7) is 0. The molecule has 4 nitrogen and oxygen atoms in total. The highest BCUT2D eigenvalue weighted by Crippen LogP contribution is 2.33. The molecule has 1 aliphatic carbocycles. The molecule has 0 aliphatic heterocycles. The lowest BCUT2D eigenvalue weighted by Crippen LogP contribution is -2.31.